The number of anilines is 3. The van der Waals surface area contributed by atoms with Crippen molar-refractivity contribution in [3.63, 3.8) is 0 Å². The number of hydrogen-bond donors (Lipinski definition) is 4. The van der Waals surface area contributed by atoms with Gasteiger partial charge in [-0.25, -0.2) is 43.4 Å². The van der Waals surface area contributed by atoms with Gasteiger partial charge in [-0.3, -0.25) is 28.3 Å². The molecule has 5 N–H and O–H groups in total. The van der Waals surface area contributed by atoms with Crippen LogP contribution in [-0.2, 0) is 75.5 Å². The van der Waals surface area contributed by atoms with E-state index in [0.29, 0.717) is 48.7 Å². The lowest BCUT2D eigenvalue weighted by molar-refractivity contribution is -0.155. The number of carbonyl (C=O) groups is 1. The average Bonchev–Trinajstić information content (AvgIpc) is 1.60. The molecule has 0 aliphatic carbocycles. The third-order valence-electron chi connectivity index (χ3n) is 13.7. The molecule has 0 saturated carbocycles. The Morgan fingerprint density at radius 1 is 0.704 bits per heavy atom. The van der Waals surface area contributed by atoms with Crippen LogP contribution >= 0.6 is 74.4 Å². The summed E-state index contributed by atoms with van der Waals surface area (Å²) in [6, 6.07) is 30.0. The number of benzene rings is 5. The Labute approximate surface area is 606 Å². The minimum atomic E-state index is -3.41. The van der Waals surface area contributed by atoms with Crippen LogP contribution in [0.4, 0.5) is 30.6 Å². The molecule has 0 radical (unpaired) electrons. The number of esters is 1. The molecule has 526 valence electrons. The van der Waals surface area contributed by atoms with Gasteiger partial charge in [-0.2, -0.15) is 20.6 Å². The van der Waals surface area contributed by atoms with E-state index in [0.717, 1.165) is 66.6 Å². The normalized spacial score (nSPS) is 13.6. The third-order valence-corrected chi connectivity index (χ3v) is 17.4. The lowest BCUT2D eigenvalue weighted by Crippen LogP contribution is -2.41. The second-order valence-electron chi connectivity index (χ2n) is 24.5. The van der Waals surface area contributed by atoms with Crippen LogP contribution in [0.1, 0.15) is 97.2 Å². The van der Waals surface area contributed by atoms with Crippen LogP contribution in [0.2, 0.25) is 0 Å². The summed E-state index contributed by atoms with van der Waals surface area (Å²) >= 11 is 13.3. The standard InChI is InChI=1S/C24H26BrF2NO3.C15H22BN3O4S.C9H10BrN3O2S.C8H8BrN3.C7H3BrFN.CH3ClO2S/c1-23(2,3)31-21(29)13-16(10-15-11-17(26)14-18(27)12-15)22-20(25)7-6-19(28-22)8-9-24(4,5)30;1-14(2)15(3,4)23-16(22-14)11-9-7-8-10-12(11)19(5)17-13(10)18-24(6,20)21;1-13-8-6(4-3-5-7(8)10)9(11-13)12-16(2,14)15;1-12-7-5(8(10)11-12)3-2-4-6(7)9;8-6-3-1-2-5(4-10)7(6)9;1-5(2,3)4/h6-7,11-12,14,16,30H,10,13H2,1-5H3;7-9H,1-6H3,(H,17,18);3-5H,1-2H3,(H,11,12);2-4H,1H3,(H2,10,11);1-3H;1H3/t16-;;;;;/m1...../s1. The molecule has 4 aromatic heterocycles. The number of hydrogen-bond acceptors (Lipinski definition) is 17. The van der Waals surface area contributed by atoms with Crippen LogP contribution in [0.5, 0.6) is 0 Å². The zero-order chi connectivity index (χ0) is 74.0. The highest BCUT2D eigenvalue weighted by Crippen LogP contribution is 2.38. The Bertz CT molecular complexity index is 4840. The van der Waals surface area contributed by atoms with Gasteiger partial charge in [0.15, 0.2) is 23.3 Å². The molecule has 22 nitrogen and oxygen atoms in total. The topological polar surface area (TPSA) is 308 Å². The number of sulfonamides is 2. The summed E-state index contributed by atoms with van der Waals surface area (Å²) in [5, 5.41) is 33.2. The maximum Gasteiger partial charge on any atom is 0.497 e. The van der Waals surface area contributed by atoms with Crippen molar-refractivity contribution < 1.29 is 62.4 Å². The second kappa shape index (κ2) is 33.2. The van der Waals surface area contributed by atoms with Crippen molar-refractivity contribution in [3.05, 3.63) is 161 Å². The highest BCUT2D eigenvalue weighted by molar-refractivity contribution is 9.11. The Morgan fingerprint density at radius 2 is 1.15 bits per heavy atom. The van der Waals surface area contributed by atoms with Gasteiger partial charge in [0.1, 0.15) is 34.6 Å². The summed E-state index contributed by atoms with van der Waals surface area (Å²) in [5.74, 6) is 3.89. The zero-order valence-electron chi connectivity index (χ0n) is 55.8. The summed E-state index contributed by atoms with van der Waals surface area (Å²) < 4.78 is 135. The number of aryl methyl sites for hydroxylation is 3. The molecule has 98 heavy (non-hydrogen) atoms. The fourth-order valence-corrected chi connectivity index (χ4v) is 12.3. The quantitative estimate of drug-likeness (QED) is 0.0428. The molecule has 0 spiro atoms. The smallest absolute Gasteiger partial charge is 0.460 e. The minimum absolute atomic E-state index is 0.0383. The van der Waals surface area contributed by atoms with Crippen molar-refractivity contribution in [3.8, 4) is 17.9 Å². The molecule has 34 heteroatoms. The number of para-hydroxylation sites is 3. The summed E-state index contributed by atoms with van der Waals surface area (Å²) in [7, 11) is -0.544. The van der Waals surface area contributed by atoms with Crippen molar-refractivity contribution in [1.82, 2.24) is 34.3 Å². The van der Waals surface area contributed by atoms with Gasteiger partial charge in [0.25, 0.3) is 0 Å². The van der Waals surface area contributed by atoms with Gasteiger partial charge in [-0.1, -0.05) is 36.3 Å². The van der Waals surface area contributed by atoms with E-state index in [9.17, 15) is 48.3 Å². The van der Waals surface area contributed by atoms with Gasteiger partial charge in [0, 0.05) is 78.8 Å². The number of ether oxygens (including phenoxy) is 1. The molecule has 0 amide bonds. The van der Waals surface area contributed by atoms with Crippen molar-refractivity contribution in [2.45, 2.75) is 103 Å². The van der Waals surface area contributed by atoms with Crippen LogP contribution in [0.25, 0.3) is 32.7 Å². The van der Waals surface area contributed by atoms with E-state index in [1.54, 1.807) is 93.1 Å². The lowest BCUT2D eigenvalue weighted by atomic mass is 9.78. The van der Waals surface area contributed by atoms with Crippen LogP contribution in [0, 0.1) is 40.6 Å². The predicted molar refractivity (Wildman–Crippen MR) is 392 cm³/mol. The fraction of sp³-hybridized carbons (Fsp3) is 0.344. The van der Waals surface area contributed by atoms with E-state index in [4.69, 9.17) is 25.0 Å². The zero-order valence-corrected chi connectivity index (χ0v) is 65.4. The van der Waals surface area contributed by atoms with Gasteiger partial charge in [0.2, 0.25) is 29.1 Å². The second-order valence-corrected chi connectivity index (χ2v) is 34.5. The maximum absolute atomic E-state index is 13.7. The molecule has 1 atom stereocenters. The van der Waals surface area contributed by atoms with Gasteiger partial charge in [-0.15, -0.1) is 0 Å². The summed E-state index contributed by atoms with van der Waals surface area (Å²) in [5.41, 5.74) is 7.80. The molecule has 1 saturated heterocycles. The van der Waals surface area contributed by atoms with Gasteiger partial charge in [0.05, 0.1) is 68.7 Å². The lowest BCUT2D eigenvalue weighted by Gasteiger charge is -2.32. The molecule has 5 aromatic carbocycles. The number of halogens is 8. The number of nitrogens with two attached hydrogens (primary N) is 1. The number of nitriles is 1. The van der Waals surface area contributed by atoms with E-state index in [1.807, 2.05) is 89.3 Å². The van der Waals surface area contributed by atoms with E-state index in [2.05, 4.69) is 116 Å². The number of pyridine rings is 1. The van der Waals surface area contributed by atoms with Crippen molar-refractivity contribution in [2.75, 3.05) is 33.9 Å². The van der Waals surface area contributed by atoms with E-state index >= 15 is 0 Å². The Kier molecular flexibility index (Phi) is 27.8. The summed E-state index contributed by atoms with van der Waals surface area (Å²) in [6.07, 6.45) is 3.26. The van der Waals surface area contributed by atoms with Crippen LogP contribution in [0.3, 0.4) is 0 Å². The van der Waals surface area contributed by atoms with Crippen LogP contribution in [0.15, 0.2) is 121 Å². The minimum Gasteiger partial charge on any atom is -0.460 e. The molecule has 1 aliphatic heterocycles. The summed E-state index contributed by atoms with van der Waals surface area (Å²) in [4.78, 5) is 17.1. The molecule has 5 heterocycles. The largest absolute Gasteiger partial charge is 0.497 e. The molecule has 9 aromatic rings. The molecule has 1 aliphatic rings. The maximum atomic E-state index is 13.7. The number of carbonyl (C=O) groups excluding carboxylic acids is 1. The molecule has 0 bridgehead atoms. The van der Waals surface area contributed by atoms with Crippen LogP contribution in [-0.4, -0.2) is 119 Å². The number of aromatic nitrogens is 7. The molecule has 10 rings (SSSR count). The first kappa shape index (κ1) is 82.0. The van der Waals surface area contributed by atoms with E-state index in [-0.39, 0.29) is 18.4 Å². The fourth-order valence-electron chi connectivity index (χ4n) is 9.12. The number of nitrogens with zero attached hydrogens (tertiary/aromatic N) is 8. The Hall–Kier alpha value is -6.63. The monoisotopic (exact) mass is 1690 g/mol. The number of nitrogens with one attached hydrogen (secondary N) is 2. The van der Waals surface area contributed by atoms with Gasteiger partial charge in [-0.05, 0) is 211 Å². The molecular formula is C64H72BBr4ClF3N11O11S3. The van der Waals surface area contributed by atoms with Crippen LogP contribution < -0.4 is 20.6 Å². The Balaban J connectivity index is 0.000000228. The third kappa shape index (κ3) is 24.6. The van der Waals surface area contributed by atoms with Gasteiger partial charge < -0.3 is 24.9 Å². The van der Waals surface area contributed by atoms with Crippen molar-refractivity contribution in [1.29, 1.82) is 5.26 Å². The number of rotatable bonds is 10. The first-order valence-corrected chi connectivity index (χ1v) is 38.7. The SMILES string of the molecule is CC(C)(O)C#Cc1ccc(Br)c([C@@H](CC(=O)OC(C)(C)C)Cc2cc(F)cc(F)c2)n1.CS(=O)(=O)Cl.Cn1nc(N)c2cccc(Br)c21.Cn1nc(NS(C)(=O)=O)c2cccc(B3OC(C)(C)C(C)(C)O3)c21.Cn1nc(NS(C)(=O)=O)c2cccc(Br)c21.N#Cc1cccc(Br)c1F. The van der Waals surface area contributed by atoms with Crippen molar-refractivity contribution in [2.24, 2.45) is 21.1 Å². The molecular weight excluding hydrogens is 1620 g/mol. The number of nitrogen functional groups attached to an aromatic ring is 1. The highest BCUT2D eigenvalue weighted by Gasteiger charge is 2.52. The summed E-state index contributed by atoms with van der Waals surface area (Å²) in [6.45, 7) is 16.4. The van der Waals surface area contributed by atoms with Crippen molar-refractivity contribution >= 4 is 172 Å². The molecule has 1 fully saturated rings. The van der Waals surface area contributed by atoms with E-state index in [1.165, 1.54) is 18.2 Å². The first-order chi connectivity index (χ1) is 45.0. The number of fused-ring (bicyclic) bond motifs is 3. The highest BCUT2D eigenvalue weighted by atomic mass is 79.9. The first-order valence-electron chi connectivity index (χ1n) is 29.0. The average molecular weight is 1690 g/mol. The predicted octanol–water partition coefficient (Wildman–Crippen LogP) is 12.8. The number of aliphatic hydroxyl groups is 1. The van der Waals surface area contributed by atoms with Gasteiger partial charge >= 0.3 is 13.1 Å². The molecule has 0 unspecified atom stereocenters. The Morgan fingerprint density at radius 3 is 1.62 bits per heavy atom. The van der Waals surface area contributed by atoms with E-state index < -0.39 is 88.0 Å².